The van der Waals surface area contributed by atoms with Gasteiger partial charge in [0, 0.05) is 23.7 Å². The molecule has 0 spiro atoms. The van der Waals surface area contributed by atoms with Crippen molar-refractivity contribution in [2.45, 2.75) is 24.7 Å². The van der Waals surface area contributed by atoms with Crippen LogP contribution in [0.4, 0.5) is 5.69 Å². The molecule has 2 amide bonds. The maximum atomic E-state index is 13.0. The second-order valence-electron chi connectivity index (χ2n) is 7.17. The highest BCUT2D eigenvalue weighted by Gasteiger charge is 2.24. The second kappa shape index (κ2) is 9.75. The van der Waals surface area contributed by atoms with Crippen LogP contribution in [0.25, 0.3) is 0 Å². The fourth-order valence-corrected chi connectivity index (χ4v) is 4.13. The van der Waals surface area contributed by atoms with E-state index in [1.54, 1.807) is 0 Å². The van der Waals surface area contributed by atoms with Crippen LogP contribution in [0.2, 0.25) is 0 Å². The maximum Gasteiger partial charge on any atom is 0.254 e. The fourth-order valence-electron chi connectivity index (χ4n) is 3.29. The zero-order chi connectivity index (χ0) is 19.9. The van der Waals surface area contributed by atoms with Gasteiger partial charge in [0.1, 0.15) is 0 Å². The number of piperidine rings is 1. The van der Waals surface area contributed by atoms with Crippen molar-refractivity contribution in [1.82, 2.24) is 4.90 Å². The number of anilines is 1. The lowest BCUT2D eigenvalue weighted by molar-refractivity contribution is -0.113. The molecule has 1 fully saturated rings. The van der Waals surface area contributed by atoms with Gasteiger partial charge < -0.3 is 16.0 Å². The van der Waals surface area contributed by atoms with Gasteiger partial charge in [-0.2, -0.15) is 0 Å². The summed E-state index contributed by atoms with van der Waals surface area (Å²) in [6, 6.07) is 15.2. The van der Waals surface area contributed by atoms with E-state index in [0.717, 1.165) is 42.1 Å². The third kappa shape index (κ3) is 5.36. The Bertz CT molecular complexity index is 815. The van der Waals surface area contributed by atoms with Crippen LogP contribution in [0.15, 0.2) is 53.4 Å². The molecule has 0 aromatic heterocycles. The highest BCUT2D eigenvalue weighted by Crippen LogP contribution is 2.26. The minimum atomic E-state index is -0.0835. The van der Waals surface area contributed by atoms with Gasteiger partial charge in [-0.15, -0.1) is 11.8 Å². The lowest BCUT2D eigenvalue weighted by Gasteiger charge is -2.31. The molecule has 148 valence electrons. The topological polar surface area (TPSA) is 75.4 Å². The monoisotopic (exact) mass is 397 g/mol. The largest absolute Gasteiger partial charge is 0.339 e. The smallest absolute Gasteiger partial charge is 0.254 e. The van der Waals surface area contributed by atoms with Gasteiger partial charge in [-0.25, -0.2) is 0 Å². The summed E-state index contributed by atoms with van der Waals surface area (Å²) >= 11 is 1.40. The lowest BCUT2D eigenvalue weighted by Crippen LogP contribution is -2.40. The molecule has 3 rings (SSSR count). The highest BCUT2D eigenvalue weighted by molar-refractivity contribution is 8.00. The molecule has 1 saturated heterocycles. The van der Waals surface area contributed by atoms with E-state index >= 15 is 0 Å². The molecule has 0 aliphatic carbocycles. The molecule has 1 aliphatic rings. The molecule has 5 nitrogen and oxygen atoms in total. The predicted molar refractivity (Wildman–Crippen MR) is 115 cm³/mol. The van der Waals surface area contributed by atoms with E-state index in [2.05, 4.69) is 5.32 Å². The van der Waals surface area contributed by atoms with Crippen LogP contribution in [0.5, 0.6) is 0 Å². The van der Waals surface area contributed by atoms with Crippen LogP contribution in [0.1, 0.15) is 28.8 Å². The fraction of sp³-hybridized carbons (Fsp3) is 0.364. The van der Waals surface area contributed by atoms with Crippen LogP contribution in [-0.2, 0) is 4.79 Å². The maximum absolute atomic E-state index is 13.0. The van der Waals surface area contributed by atoms with Gasteiger partial charge in [0.25, 0.3) is 5.91 Å². The Labute approximate surface area is 170 Å². The van der Waals surface area contributed by atoms with Crippen molar-refractivity contribution < 1.29 is 9.59 Å². The molecule has 0 radical (unpaired) electrons. The molecule has 0 unspecified atom stereocenters. The third-order valence-corrected chi connectivity index (χ3v) is 6.12. The number of hydrogen-bond donors (Lipinski definition) is 2. The van der Waals surface area contributed by atoms with Crippen molar-refractivity contribution in [2.75, 3.05) is 30.7 Å². The first-order chi connectivity index (χ1) is 13.6. The molecule has 6 heteroatoms. The normalized spacial score (nSPS) is 14.7. The van der Waals surface area contributed by atoms with Gasteiger partial charge in [-0.1, -0.05) is 29.8 Å². The summed E-state index contributed by atoms with van der Waals surface area (Å²) in [5, 5.41) is 2.90. The number of benzene rings is 2. The molecule has 3 N–H and O–H groups in total. The van der Waals surface area contributed by atoms with Gasteiger partial charge in [-0.05, 0) is 56.5 Å². The van der Waals surface area contributed by atoms with Crippen molar-refractivity contribution in [2.24, 2.45) is 11.7 Å². The predicted octanol–water partition coefficient (Wildman–Crippen LogP) is 3.54. The number of rotatable bonds is 6. The molecule has 1 heterocycles. The van der Waals surface area contributed by atoms with Crippen molar-refractivity contribution in [3.63, 3.8) is 0 Å². The Morgan fingerprint density at radius 1 is 1.11 bits per heavy atom. The van der Waals surface area contributed by atoms with E-state index < -0.39 is 0 Å². The van der Waals surface area contributed by atoms with Gasteiger partial charge in [0.2, 0.25) is 5.91 Å². The van der Waals surface area contributed by atoms with Gasteiger partial charge in [0.15, 0.2) is 0 Å². The molecule has 28 heavy (non-hydrogen) atoms. The number of nitrogens with two attached hydrogens (primary N) is 1. The van der Waals surface area contributed by atoms with Crippen LogP contribution < -0.4 is 11.1 Å². The average molecular weight is 398 g/mol. The Morgan fingerprint density at radius 2 is 1.79 bits per heavy atom. The first-order valence-corrected chi connectivity index (χ1v) is 10.6. The quantitative estimate of drug-likeness (QED) is 0.731. The van der Waals surface area contributed by atoms with Crippen molar-refractivity contribution in [1.29, 1.82) is 0 Å². The van der Waals surface area contributed by atoms with E-state index in [1.807, 2.05) is 60.4 Å². The molecular formula is C22H27N3O2S. The molecule has 0 atom stereocenters. The molecule has 2 aromatic rings. The minimum absolute atomic E-state index is 0.0394. The minimum Gasteiger partial charge on any atom is -0.339 e. The molecule has 0 saturated carbocycles. The Balaban J connectivity index is 1.59. The van der Waals surface area contributed by atoms with Gasteiger partial charge >= 0.3 is 0 Å². The standard InChI is InChI=1S/C22H27N3O2S/c1-16-6-8-18(9-7-16)24-21(26)15-28-20-5-3-2-4-19(20)22(27)25-12-10-17(14-23)11-13-25/h2-9,17H,10-15,23H2,1H3,(H,24,26). The SMILES string of the molecule is Cc1ccc(NC(=O)CSc2ccccc2C(=O)N2CCC(CN)CC2)cc1. The summed E-state index contributed by atoms with van der Waals surface area (Å²) in [6.07, 6.45) is 1.91. The van der Waals surface area contributed by atoms with E-state index in [4.69, 9.17) is 5.73 Å². The molecule has 2 aromatic carbocycles. The number of aryl methyl sites for hydroxylation is 1. The zero-order valence-corrected chi connectivity index (χ0v) is 17.0. The summed E-state index contributed by atoms with van der Waals surface area (Å²) in [5.41, 5.74) is 8.34. The number of thioether (sulfide) groups is 1. The van der Waals surface area contributed by atoms with Crippen molar-refractivity contribution >= 4 is 29.3 Å². The summed E-state index contributed by atoms with van der Waals surface area (Å²) in [4.78, 5) is 28.0. The van der Waals surface area contributed by atoms with E-state index in [1.165, 1.54) is 11.8 Å². The molecular weight excluding hydrogens is 370 g/mol. The highest BCUT2D eigenvalue weighted by atomic mass is 32.2. The van der Waals surface area contributed by atoms with Gasteiger partial charge in [0.05, 0.1) is 11.3 Å². The van der Waals surface area contributed by atoms with Gasteiger partial charge in [-0.3, -0.25) is 9.59 Å². The number of nitrogens with one attached hydrogen (secondary N) is 1. The first-order valence-electron chi connectivity index (χ1n) is 9.64. The van der Waals surface area contributed by atoms with E-state index in [0.29, 0.717) is 18.0 Å². The van der Waals surface area contributed by atoms with E-state index in [-0.39, 0.29) is 17.6 Å². The number of hydrogen-bond acceptors (Lipinski definition) is 4. The molecule has 1 aliphatic heterocycles. The Hall–Kier alpha value is -2.31. The number of nitrogens with zero attached hydrogens (tertiary/aromatic N) is 1. The van der Waals surface area contributed by atoms with Crippen molar-refractivity contribution in [3.05, 3.63) is 59.7 Å². The van der Waals surface area contributed by atoms with Crippen LogP contribution in [-0.4, -0.2) is 42.1 Å². The van der Waals surface area contributed by atoms with Crippen LogP contribution >= 0.6 is 11.8 Å². The zero-order valence-electron chi connectivity index (χ0n) is 16.2. The summed E-state index contributed by atoms with van der Waals surface area (Å²) < 4.78 is 0. The van der Waals surface area contributed by atoms with Crippen LogP contribution in [0.3, 0.4) is 0 Å². The molecule has 0 bridgehead atoms. The number of amides is 2. The lowest BCUT2D eigenvalue weighted by atomic mass is 9.96. The summed E-state index contributed by atoms with van der Waals surface area (Å²) in [6.45, 7) is 4.18. The van der Waals surface area contributed by atoms with Crippen molar-refractivity contribution in [3.8, 4) is 0 Å². The average Bonchev–Trinajstić information content (AvgIpc) is 2.73. The number of carbonyl (C=O) groups is 2. The Kier molecular flexibility index (Phi) is 7.12. The number of likely N-dealkylation sites (tertiary alicyclic amines) is 1. The van der Waals surface area contributed by atoms with E-state index in [9.17, 15) is 9.59 Å². The Morgan fingerprint density at radius 3 is 2.46 bits per heavy atom. The number of carbonyl (C=O) groups excluding carboxylic acids is 2. The third-order valence-electron chi connectivity index (χ3n) is 5.05. The summed E-state index contributed by atoms with van der Waals surface area (Å²) in [7, 11) is 0. The van der Waals surface area contributed by atoms with Crippen LogP contribution in [0, 0.1) is 12.8 Å². The first kappa shape index (κ1) is 20.4. The second-order valence-corrected chi connectivity index (χ2v) is 8.19. The summed E-state index contributed by atoms with van der Waals surface area (Å²) in [5.74, 6) is 0.726.